The van der Waals surface area contributed by atoms with Gasteiger partial charge in [-0.1, -0.05) is 31.9 Å². The Morgan fingerprint density at radius 1 is 0.848 bits per heavy atom. The number of hydrogen-bond donors (Lipinski definition) is 0. The highest BCUT2D eigenvalue weighted by molar-refractivity contribution is 9.10. The molecule has 1 saturated heterocycles. The van der Waals surface area contributed by atoms with Gasteiger partial charge < -0.3 is 9.47 Å². The molecule has 33 heavy (non-hydrogen) atoms. The molecule has 8 nitrogen and oxygen atoms in total. The molecule has 2 aromatic carbocycles. The van der Waals surface area contributed by atoms with Gasteiger partial charge in [0.15, 0.2) is 0 Å². The van der Waals surface area contributed by atoms with Gasteiger partial charge in [-0.25, -0.2) is 16.8 Å². The molecule has 1 atom stereocenters. The molecule has 0 saturated carbocycles. The van der Waals surface area contributed by atoms with Gasteiger partial charge in [-0.05, 0) is 57.2 Å². The van der Waals surface area contributed by atoms with E-state index < -0.39 is 26.1 Å². The minimum Gasteiger partial charge on any atom is -0.492 e. The van der Waals surface area contributed by atoms with E-state index in [1.807, 2.05) is 0 Å². The number of hydrogen-bond acceptors (Lipinski definition) is 6. The van der Waals surface area contributed by atoms with Crippen molar-refractivity contribution in [3.63, 3.8) is 0 Å². The minimum atomic E-state index is -3.92. The van der Waals surface area contributed by atoms with Crippen LogP contribution in [0.1, 0.15) is 20.8 Å². The van der Waals surface area contributed by atoms with Gasteiger partial charge in [0.2, 0.25) is 20.0 Å². The van der Waals surface area contributed by atoms with Crippen LogP contribution < -0.4 is 9.47 Å². The molecule has 3 rings (SSSR count). The Morgan fingerprint density at radius 3 is 1.79 bits per heavy atom. The maximum atomic E-state index is 13.5. The Bertz CT molecular complexity index is 1220. The lowest BCUT2D eigenvalue weighted by Crippen LogP contribution is -2.55. The highest BCUT2D eigenvalue weighted by Crippen LogP contribution is 2.34. The van der Waals surface area contributed by atoms with Crippen LogP contribution in [-0.4, -0.2) is 64.3 Å². The van der Waals surface area contributed by atoms with Gasteiger partial charge in [-0.2, -0.15) is 8.61 Å². The third-order valence-corrected chi connectivity index (χ3v) is 10.1. The van der Waals surface area contributed by atoms with Gasteiger partial charge in [0.05, 0.1) is 13.2 Å². The highest BCUT2D eigenvalue weighted by Gasteiger charge is 2.40. The number of benzene rings is 2. The van der Waals surface area contributed by atoms with Crippen LogP contribution in [0.4, 0.5) is 0 Å². The molecule has 0 radical (unpaired) electrons. The Kier molecular flexibility index (Phi) is 8.50. The summed E-state index contributed by atoms with van der Waals surface area (Å²) in [5.41, 5.74) is 0. The quantitative estimate of drug-likeness (QED) is 0.439. The summed E-state index contributed by atoms with van der Waals surface area (Å²) in [5, 5.41) is 0. The molecule has 1 heterocycles. The highest BCUT2D eigenvalue weighted by atomic mass is 79.9. The van der Waals surface area contributed by atoms with Crippen molar-refractivity contribution in [3.05, 3.63) is 45.3 Å². The molecule has 1 fully saturated rings. The smallest absolute Gasteiger partial charge is 0.247 e. The monoisotopic (exact) mass is 624 g/mol. The van der Waals surface area contributed by atoms with E-state index in [9.17, 15) is 16.8 Å². The summed E-state index contributed by atoms with van der Waals surface area (Å²) in [5.74, 6) is 0.525. The fourth-order valence-electron chi connectivity index (χ4n) is 3.66. The molecule has 1 unspecified atom stereocenters. The van der Waals surface area contributed by atoms with E-state index in [4.69, 9.17) is 9.47 Å². The standard InChI is InChI=1S/C21H26Br2N2O6S2/c1-4-30-18-8-6-16(22)12-20(18)32(26,27)24-10-11-25(15(3)14-24)33(28,29)21-13-17(23)7-9-19(21)31-5-2/h6-9,12-13,15H,4-5,10-11,14H2,1-3H3. The van der Waals surface area contributed by atoms with E-state index in [0.29, 0.717) is 22.2 Å². The predicted octanol–water partition coefficient (Wildman–Crippen LogP) is 4.09. The van der Waals surface area contributed by atoms with Crippen molar-refractivity contribution >= 4 is 51.9 Å². The van der Waals surface area contributed by atoms with Crippen LogP contribution in [0.5, 0.6) is 11.5 Å². The van der Waals surface area contributed by atoms with E-state index in [2.05, 4.69) is 31.9 Å². The summed E-state index contributed by atoms with van der Waals surface area (Å²) in [6.07, 6.45) is 0. The van der Waals surface area contributed by atoms with Crippen LogP contribution in [0.3, 0.4) is 0 Å². The second-order valence-corrected chi connectivity index (χ2v) is 13.0. The third kappa shape index (κ3) is 5.57. The Labute approximate surface area is 212 Å². The van der Waals surface area contributed by atoms with Crippen molar-refractivity contribution in [2.24, 2.45) is 0 Å². The molecule has 0 bridgehead atoms. The molecule has 0 amide bonds. The summed E-state index contributed by atoms with van der Waals surface area (Å²) in [6, 6.07) is 9.06. The summed E-state index contributed by atoms with van der Waals surface area (Å²) in [6.45, 7) is 5.94. The topological polar surface area (TPSA) is 93.2 Å². The van der Waals surface area contributed by atoms with Gasteiger partial charge in [-0.15, -0.1) is 0 Å². The fourth-order valence-corrected chi connectivity index (χ4v) is 8.13. The molecular weight excluding hydrogens is 600 g/mol. The van der Waals surface area contributed by atoms with E-state index in [1.165, 1.54) is 20.7 Å². The minimum absolute atomic E-state index is 0.0115. The molecular formula is C21H26Br2N2O6S2. The van der Waals surface area contributed by atoms with Gasteiger partial charge in [0.25, 0.3) is 0 Å². The van der Waals surface area contributed by atoms with Crippen molar-refractivity contribution < 1.29 is 26.3 Å². The lowest BCUT2D eigenvalue weighted by atomic mass is 10.3. The molecule has 0 N–H and O–H groups in total. The third-order valence-electron chi connectivity index (χ3n) is 5.14. The number of nitrogens with zero attached hydrogens (tertiary/aromatic N) is 2. The van der Waals surface area contributed by atoms with E-state index in [-0.39, 0.29) is 40.9 Å². The number of sulfonamides is 2. The number of halogens is 2. The van der Waals surface area contributed by atoms with Crippen LogP contribution in [0, 0.1) is 0 Å². The van der Waals surface area contributed by atoms with Gasteiger partial charge in [-0.3, -0.25) is 0 Å². The zero-order valence-electron chi connectivity index (χ0n) is 18.5. The number of piperazine rings is 1. The van der Waals surface area contributed by atoms with Crippen LogP contribution in [0.15, 0.2) is 55.1 Å². The fraction of sp³-hybridized carbons (Fsp3) is 0.429. The van der Waals surface area contributed by atoms with Crippen molar-refractivity contribution in [3.8, 4) is 11.5 Å². The molecule has 0 aromatic heterocycles. The first kappa shape index (κ1) is 26.4. The molecule has 0 spiro atoms. The Hall–Kier alpha value is -1.18. The number of ether oxygens (including phenoxy) is 2. The van der Waals surface area contributed by atoms with Crippen molar-refractivity contribution in [1.82, 2.24) is 8.61 Å². The van der Waals surface area contributed by atoms with Crippen molar-refractivity contribution in [2.75, 3.05) is 32.8 Å². The second-order valence-electron chi connectivity index (χ2n) is 7.38. The maximum Gasteiger partial charge on any atom is 0.247 e. The largest absolute Gasteiger partial charge is 0.492 e. The van der Waals surface area contributed by atoms with E-state index in [0.717, 1.165) is 0 Å². The molecule has 1 aliphatic rings. The summed E-state index contributed by atoms with van der Waals surface area (Å²) < 4.78 is 68.7. The molecule has 12 heteroatoms. The summed E-state index contributed by atoms with van der Waals surface area (Å²) >= 11 is 6.64. The summed E-state index contributed by atoms with van der Waals surface area (Å²) in [4.78, 5) is 0.0976. The zero-order valence-corrected chi connectivity index (χ0v) is 23.3. The lowest BCUT2D eigenvalue weighted by Gasteiger charge is -2.38. The first-order chi connectivity index (χ1) is 15.5. The van der Waals surface area contributed by atoms with Crippen molar-refractivity contribution in [2.45, 2.75) is 36.6 Å². The molecule has 182 valence electrons. The average molecular weight is 626 g/mol. The van der Waals surface area contributed by atoms with E-state index in [1.54, 1.807) is 45.0 Å². The molecule has 0 aliphatic carbocycles. The number of rotatable bonds is 8. The maximum absolute atomic E-state index is 13.5. The summed E-state index contributed by atoms with van der Waals surface area (Å²) in [7, 11) is -7.82. The van der Waals surface area contributed by atoms with Gasteiger partial charge >= 0.3 is 0 Å². The average Bonchev–Trinajstić information content (AvgIpc) is 2.76. The van der Waals surface area contributed by atoms with Crippen LogP contribution in [0.25, 0.3) is 0 Å². The van der Waals surface area contributed by atoms with Gasteiger partial charge in [0.1, 0.15) is 21.3 Å². The predicted molar refractivity (Wildman–Crippen MR) is 133 cm³/mol. The lowest BCUT2D eigenvalue weighted by molar-refractivity contribution is 0.211. The normalized spacial score (nSPS) is 18.3. The first-order valence-electron chi connectivity index (χ1n) is 10.4. The SMILES string of the molecule is CCOc1ccc(Br)cc1S(=O)(=O)N1CCN(S(=O)(=O)c2cc(Br)ccc2OCC)C(C)C1. The van der Waals surface area contributed by atoms with Crippen LogP contribution >= 0.6 is 31.9 Å². The Balaban J connectivity index is 1.90. The van der Waals surface area contributed by atoms with Crippen LogP contribution in [0.2, 0.25) is 0 Å². The van der Waals surface area contributed by atoms with Gasteiger partial charge in [0, 0.05) is 34.6 Å². The second kappa shape index (κ2) is 10.6. The molecule has 1 aliphatic heterocycles. The van der Waals surface area contributed by atoms with E-state index >= 15 is 0 Å². The zero-order chi connectivity index (χ0) is 24.4. The van der Waals surface area contributed by atoms with Crippen LogP contribution in [-0.2, 0) is 20.0 Å². The first-order valence-corrected chi connectivity index (χ1v) is 14.9. The molecule has 2 aromatic rings. The van der Waals surface area contributed by atoms with Crippen molar-refractivity contribution in [1.29, 1.82) is 0 Å². The Morgan fingerprint density at radius 2 is 1.33 bits per heavy atom.